The van der Waals surface area contributed by atoms with Crippen LogP contribution in [0.15, 0.2) is 54.6 Å². The Labute approximate surface area is 142 Å². The third kappa shape index (κ3) is 4.90. The number of hydrogen-bond donors (Lipinski definition) is 1. The first-order chi connectivity index (χ1) is 11.7. The summed E-state index contributed by atoms with van der Waals surface area (Å²) >= 11 is 0. The first-order valence-corrected chi connectivity index (χ1v) is 8.46. The summed E-state index contributed by atoms with van der Waals surface area (Å²) in [4.78, 5) is 14.4. The Morgan fingerprint density at radius 3 is 2.58 bits per heavy atom. The molecule has 1 amide bonds. The van der Waals surface area contributed by atoms with Gasteiger partial charge in [0.05, 0.1) is 6.42 Å². The van der Waals surface area contributed by atoms with E-state index in [4.69, 9.17) is 0 Å². The van der Waals surface area contributed by atoms with Gasteiger partial charge >= 0.3 is 0 Å². The van der Waals surface area contributed by atoms with Gasteiger partial charge in [-0.15, -0.1) is 0 Å². The molecule has 0 saturated carbocycles. The Balaban J connectivity index is 1.39. The lowest BCUT2D eigenvalue weighted by Crippen LogP contribution is -2.31. The maximum absolute atomic E-state index is 12.9. The van der Waals surface area contributed by atoms with E-state index >= 15 is 0 Å². The van der Waals surface area contributed by atoms with Crippen molar-refractivity contribution in [1.29, 1.82) is 0 Å². The summed E-state index contributed by atoms with van der Waals surface area (Å²) in [7, 11) is 0. The molecule has 3 nitrogen and oxygen atoms in total. The van der Waals surface area contributed by atoms with Gasteiger partial charge in [-0.25, -0.2) is 4.39 Å². The molecule has 1 aliphatic rings. The van der Waals surface area contributed by atoms with Gasteiger partial charge in [-0.2, -0.15) is 0 Å². The molecule has 0 aromatic heterocycles. The summed E-state index contributed by atoms with van der Waals surface area (Å²) in [5, 5.41) is 3.01. The predicted molar refractivity (Wildman–Crippen MR) is 92.9 cm³/mol. The van der Waals surface area contributed by atoms with Crippen LogP contribution in [0.1, 0.15) is 17.5 Å². The van der Waals surface area contributed by atoms with Crippen molar-refractivity contribution in [3.63, 3.8) is 0 Å². The van der Waals surface area contributed by atoms with Gasteiger partial charge in [-0.05, 0) is 42.1 Å². The second-order valence-corrected chi connectivity index (χ2v) is 6.48. The number of hydrogen-bond acceptors (Lipinski definition) is 2. The van der Waals surface area contributed by atoms with E-state index in [2.05, 4.69) is 34.5 Å². The third-order valence-electron chi connectivity index (χ3n) is 4.48. The molecule has 1 atom stereocenters. The molecular formula is C20H23FN2O. The van der Waals surface area contributed by atoms with Gasteiger partial charge in [0.25, 0.3) is 0 Å². The fourth-order valence-corrected chi connectivity index (χ4v) is 3.17. The van der Waals surface area contributed by atoms with Gasteiger partial charge < -0.3 is 5.32 Å². The van der Waals surface area contributed by atoms with Gasteiger partial charge in [0, 0.05) is 19.6 Å². The van der Waals surface area contributed by atoms with Crippen LogP contribution >= 0.6 is 0 Å². The van der Waals surface area contributed by atoms with E-state index < -0.39 is 0 Å². The second kappa shape index (κ2) is 8.06. The number of carbonyl (C=O) groups is 1. The molecule has 1 fully saturated rings. The van der Waals surface area contributed by atoms with Crippen molar-refractivity contribution in [3.8, 4) is 0 Å². The fraction of sp³-hybridized carbons (Fsp3) is 0.350. The van der Waals surface area contributed by atoms with Crippen LogP contribution in [0.4, 0.5) is 4.39 Å². The molecule has 1 N–H and O–H groups in total. The van der Waals surface area contributed by atoms with E-state index in [0.717, 1.165) is 31.6 Å². The highest BCUT2D eigenvalue weighted by atomic mass is 19.1. The van der Waals surface area contributed by atoms with Crippen LogP contribution in [0, 0.1) is 11.7 Å². The van der Waals surface area contributed by atoms with E-state index in [1.54, 1.807) is 12.1 Å². The van der Waals surface area contributed by atoms with Gasteiger partial charge in [-0.3, -0.25) is 9.69 Å². The number of halogens is 1. The third-order valence-corrected chi connectivity index (χ3v) is 4.48. The Morgan fingerprint density at radius 1 is 1.08 bits per heavy atom. The number of likely N-dealkylation sites (tertiary alicyclic amines) is 1. The zero-order valence-corrected chi connectivity index (χ0v) is 13.7. The van der Waals surface area contributed by atoms with Crippen molar-refractivity contribution in [2.75, 3.05) is 19.6 Å². The van der Waals surface area contributed by atoms with Crippen molar-refractivity contribution in [2.45, 2.75) is 19.4 Å². The lowest BCUT2D eigenvalue weighted by Gasteiger charge is -2.16. The maximum Gasteiger partial charge on any atom is 0.224 e. The molecule has 0 radical (unpaired) electrons. The minimum Gasteiger partial charge on any atom is -0.355 e. The van der Waals surface area contributed by atoms with Crippen molar-refractivity contribution < 1.29 is 9.18 Å². The van der Waals surface area contributed by atoms with Crippen LogP contribution in [-0.2, 0) is 17.8 Å². The molecule has 1 heterocycles. The highest BCUT2D eigenvalue weighted by Crippen LogP contribution is 2.18. The first kappa shape index (κ1) is 16.7. The van der Waals surface area contributed by atoms with Crippen LogP contribution in [-0.4, -0.2) is 30.4 Å². The van der Waals surface area contributed by atoms with Crippen LogP contribution in [0.3, 0.4) is 0 Å². The van der Waals surface area contributed by atoms with Gasteiger partial charge in [-0.1, -0.05) is 42.5 Å². The molecule has 1 aliphatic heterocycles. The Bertz CT molecular complexity index is 657. The number of nitrogens with zero attached hydrogens (tertiary/aromatic N) is 1. The normalized spacial score (nSPS) is 17.8. The molecule has 3 rings (SSSR count). The molecule has 0 bridgehead atoms. The monoisotopic (exact) mass is 326 g/mol. The molecule has 24 heavy (non-hydrogen) atoms. The zero-order valence-electron chi connectivity index (χ0n) is 13.7. The second-order valence-electron chi connectivity index (χ2n) is 6.48. The standard InChI is InChI=1S/C20H23FN2O/c21-19-8-6-16(7-9-19)12-20(24)22-13-18-10-11-23(15-18)14-17-4-2-1-3-5-17/h1-9,18H,10-15H2,(H,22,24). The Morgan fingerprint density at radius 2 is 1.83 bits per heavy atom. The van der Waals surface area contributed by atoms with E-state index in [1.807, 2.05) is 6.07 Å². The molecule has 0 spiro atoms. The van der Waals surface area contributed by atoms with Crippen molar-refractivity contribution >= 4 is 5.91 Å². The number of carbonyl (C=O) groups excluding carboxylic acids is 1. The number of benzene rings is 2. The summed E-state index contributed by atoms with van der Waals surface area (Å²) < 4.78 is 12.9. The lowest BCUT2D eigenvalue weighted by atomic mass is 10.1. The molecule has 2 aromatic rings. The summed E-state index contributed by atoms with van der Waals surface area (Å²) in [5.74, 6) is 0.234. The highest BCUT2D eigenvalue weighted by molar-refractivity contribution is 5.78. The smallest absolute Gasteiger partial charge is 0.224 e. The zero-order chi connectivity index (χ0) is 16.8. The van der Waals surface area contributed by atoms with Crippen molar-refractivity contribution in [1.82, 2.24) is 10.2 Å². The molecule has 126 valence electrons. The topological polar surface area (TPSA) is 32.3 Å². The summed E-state index contributed by atoms with van der Waals surface area (Å²) in [6, 6.07) is 16.6. The fourth-order valence-electron chi connectivity index (χ4n) is 3.17. The summed E-state index contributed by atoms with van der Waals surface area (Å²) in [6.45, 7) is 3.78. The molecule has 0 aliphatic carbocycles. The van der Waals surface area contributed by atoms with E-state index in [9.17, 15) is 9.18 Å². The van der Waals surface area contributed by atoms with Gasteiger partial charge in [0.15, 0.2) is 0 Å². The number of nitrogens with one attached hydrogen (secondary N) is 1. The number of amides is 1. The molecular weight excluding hydrogens is 303 g/mol. The summed E-state index contributed by atoms with van der Waals surface area (Å²) in [6.07, 6.45) is 1.42. The average molecular weight is 326 g/mol. The summed E-state index contributed by atoms with van der Waals surface area (Å²) in [5.41, 5.74) is 2.17. The molecule has 4 heteroatoms. The maximum atomic E-state index is 12.9. The largest absolute Gasteiger partial charge is 0.355 e. The molecule has 1 saturated heterocycles. The van der Waals surface area contributed by atoms with Crippen LogP contribution in [0.25, 0.3) is 0 Å². The van der Waals surface area contributed by atoms with E-state index in [-0.39, 0.29) is 11.7 Å². The number of rotatable bonds is 6. The minimum atomic E-state index is -0.274. The van der Waals surface area contributed by atoms with Gasteiger partial charge in [0.1, 0.15) is 5.82 Å². The Hall–Kier alpha value is -2.20. The van der Waals surface area contributed by atoms with E-state index in [0.29, 0.717) is 18.9 Å². The Kier molecular flexibility index (Phi) is 5.59. The average Bonchev–Trinajstić information content (AvgIpc) is 3.03. The highest BCUT2D eigenvalue weighted by Gasteiger charge is 2.22. The van der Waals surface area contributed by atoms with Crippen molar-refractivity contribution in [3.05, 3.63) is 71.5 Å². The van der Waals surface area contributed by atoms with Crippen LogP contribution in [0.5, 0.6) is 0 Å². The van der Waals surface area contributed by atoms with Crippen LogP contribution in [0.2, 0.25) is 0 Å². The quantitative estimate of drug-likeness (QED) is 0.885. The lowest BCUT2D eigenvalue weighted by molar-refractivity contribution is -0.120. The predicted octanol–water partition coefficient (Wildman–Crippen LogP) is 3.01. The van der Waals surface area contributed by atoms with Crippen LogP contribution < -0.4 is 5.32 Å². The van der Waals surface area contributed by atoms with Crippen molar-refractivity contribution in [2.24, 2.45) is 5.92 Å². The van der Waals surface area contributed by atoms with E-state index in [1.165, 1.54) is 17.7 Å². The first-order valence-electron chi connectivity index (χ1n) is 8.46. The SMILES string of the molecule is O=C(Cc1ccc(F)cc1)NCC1CCN(Cc2ccccc2)C1. The minimum absolute atomic E-state index is 0.00289. The molecule has 1 unspecified atom stereocenters. The van der Waals surface area contributed by atoms with Gasteiger partial charge in [0.2, 0.25) is 5.91 Å². The molecule has 2 aromatic carbocycles.